The standard InChI is InChI=1S/C17H14N4O2S/c22-14(18-8-11-4-3-7-23-11)9-24-17-16-15(19-10-20-17)12-5-1-2-6-13(12)21-16/h1-7,10,21H,8-9H2,(H,18,22). The number of thioether (sulfide) groups is 1. The van der Waals surface area contributed by atoms with E-state index in [-0.39, 0.29) is 11.7 Å². The lowest BCUT2D eigenvalue weighted by molar-refractivity contribution is -0.118. The molecule has 0 radical (unpaired) electrons. The highest BCUT2D eigenvalue weighted by molar-refractivity contribution is 8.00. The number of nitrogens with zero attached hydrogens (tertiary/aromatic N) is 2. The molecule has 3 aromatic heterocycles. The van der Waals surface area contributed by atoms with Crippen LogP contribution in [0.5, 0.6) is 0 Å². The van der Waals surface area contributed by atoms with Crippen LogP contribution >= 0.6 is 11.8 Å². The fourth-order valence-corrected chi connectivity index (χ4v) is 3.30. The number of hydrogen-bond donors (Lipinski definition) is 2. The average Bonchev–Trinajstić information content (AvgIpc) is 3.25. The van der Waals surface area contributed by atoms with Gasteiger partial charge in [-0.1, -0.05) is 30.0 Å². The van der Waals surface area contributed by atoms with Crippen LogP contribution in [0, 0.1) is 0 Å². The van der Waals surface area contributed by atoms with Gasteiger partial charge in [0.05, 0.1) is 24.1 Å². The molecular formula is C17H14N4O2S. The quantitative estimate of drug-likeness (QED) is 0.431. The highest BCUT2D eigenvalue weighted by atomic mass is 32.2. The molecule has 120 valence electrons. The predicted octanol–water partition coefficient (Wildman–Crippen LogP) is 3.11. The first-order valence-corrected chi connectivity index (χ1v) is 8.43. The lowest BCUT2D eigenvalue weighted by atomic mass is 10.2. The van der Waals surface area contributed by atoms with E-state index in [1.54, 1.807) is 12.3 Å². The molecule has 4 aromatic rings. The Hall–Kier alpha value is -2.80. The third-order valence-corrected chi connectivity index (χ3v) is 4.62. The summed E-state index contributed by atoms with van der Waals surface area (Å²) in [5.41, 5.74) is 2.75. The van der Waals surface area contributed by atoms with Crippen molar-refractivity contribution in [2.45, 2.75) is 11.6 Å². The van der Waals surface area contributed by atoms with Crippen LogP contribution in [0.25, 0.3) is 21.9 Å². The van der Waals surface area contributed by atoms with Gasteiger partial charge < -0.3 is 14.7 Å². The van der Waals surface area contributed by atoms with Crippen LogP contribution in [0.3, 0.4) is 0 Å². The molecule has 4 rings (SSSR count). The van der Waals surface area contributed by atoms with Crippen molar-refractivity contribution in [2.24, 2.45) is 0 Å². The monoisotopic (exact) mass is 338 g/mol. The highest BCUT2D eigenvalue weighted by Gasteiger charge is 2.12. The summed E-state index contributed by atoms with van der Waals surface area (Å²) in [5, 5.41) is 4.65. The first-order valence-electron chi connectivity index (χ1n) is 7.44. The zero-order chi connectivity index (χ0) is 16.4. The number of amides is 1. The summed E-state index contributed by atoms with van der Waals surface area (Å²) in [7, 11) is 0. The molecule has 2 N–H and O–H groups in total. The number of furan rings is 1. The number of H-pyrrole nitrogens is 1. The predicted molar refractivity (Wildman–Crippen MR) is 92.7 cm³/mol. The normalized spacial score (nSPS) is 11.2. The van der Waals surface area contributed by atoms with Crippen LogP contribution in [-0.4, -0.2) is 26.6 Å². The molecule has 1 aromatic carbocycles. The van der Waals surface area contributed by atoms with Gasteiger partial charge in [0.25, 0.3) is 0 Å². The number of para-hydroxylation sites is 1. The van der Waals surface area contributed by atoms with Crippen LogP contribution in [-0.2, 0) is 11.3 Å². The Balaban J connectivity index is 1.49. The second-order valence-electron chi connectivity index (χ2n) is 5.22. The third kappa shape index (κ3) is 2.85. The number of aromatic amines is 1. The Morgan fingerprint density at radius 3 is 3.00 bits per heavy atom. The minimum Gasteiger partial charge on any atom is -0.467 e. The molecule has 0 fully saturated rings. The molecule has 0 saturated carbocycles. The summed E-state index contributed by atoms with van der Waals surface area (Å²) in [6.07, 6.45) is 3.12. The zero-order valence-corrected chi connectivity index (χ0v) is 13.5. The Labute approximate surface area is 141 Å². The van der Waals surface area contributed by atoms with E-state index in [1.165, 1.54) is 18.1 Å². The Morgan fingerprint density at radius 2 is 2.12 bits per heavy atom. The third-order valence-electron chi connectivity index (χ3n) is 3.63. The first kappa shape index (κ1) is 14.8. The molecule has 0 spiro atoms. The van der Waals surface area contributed by atoms with Crippen molar-refractivity contribution in [3.8, 4) is 0 Å². The summed E-state index contributed by atoms with van der Waals surface area (Å²) in [6.45, 7) is 0.387. The van der Waals surface area contributed by atoms with Gasteiger partial charge in [-0.2, -0.15) is 0 Å². The number of fused-ring (bicyclic) bond motifs is 3. The van der Waals surface area contributed by atoms with Crippen LogP contribution in [0.1, 0.15) is 5.76 Å². The molecule has 7 heteroatoms. The zero-order valence-electron chi connectivity index (χ0n) is 12.7. The highest BCUT2D eigenvalue weighted by Crippen LogP contribution is 2.29. The van der Waals surface area contributed by atoms with Crippen molar-refractivity contribution >= 4 is 39.6 Å². The molecule has 6 nitrogen and oxygen atoms in total. The molecule has 0 aliphatic carbocycles. The molecule has 0 saturated heterocycles. The maximum Gasteiger partial charge on any atom is 0.230 e. The van der Waals surface area contributed by atoms with Gasteiger partial charge in [0.15, 0.2) is 0 Å². The second-order valence-corrected chi connectivity index (χ2v) is 6.18. The van der Waals surface area contributed by atoms with E-state index in [2.05, 4.69) is 20.3 Å². The lowest BCUT2D eigenvalue weighted by Gasteiger charge is -2.03. The minimum atomic E-state index is -0.0701. The van der Waals surface area contributed by atoms with Crippen molar-refractivity contribution < 1.29 is 9.21 Å². The second kappa shape index (κ2) is 6.37. The van der Waals surface area contributed by atoms with Crippen LogP contribution in [0.15, 0.2) is 58.4 Å². The van der Waals surface area contributed by atoms with E-state index in [1.807, 2.05) is 30.3 Å². The maximum absolute atomic E-state index is 12.0. The average molecular weight is 338 g/mol. The molecular weight excluding hydrogens is 324 g/mol. The molecule has 1 amide bonds. The molecule has 3 heterocycles. The van der Waals surface area contributed by atoms with Crippen LogP contribution in [0.4, 0.5) is 0 Å². The van der Waals surface area contributed by atoms with E-state index in [4.69, 9.17) is 4.42 Å². The maximum atomic E-state index is 12.0. The largest absolute Gasteiger partial charge is 0.467 e. The topological polar surface area (TPSA) is 83.8 Å². The number of carbonyl (C=O) groups is 1. The minimum absolute atomic E-state index is 0.0701. The van der Waals surface area contributed by atoms with E-state index in [9.17, 15) is 4.79 Å². The molecule has 0 atom stereocenters. The van der Waals surface area contributed by atoms with Crippen molar-refractivity contribution in [1.29, 1.82) is 0 Å². The summed E-state index contributed by atoms with van der Waals surface area (Å²) in [4.78, 5) is 24.0. The molecule has 0 aliphatic heterocycles. The van der Waals surface area contributed by atoms with E-state index in [0.717, 1.165) is 32.7 Å². The van der Waals surface area contributed by atoms with Gasteiger partial charge in [-0.25, -0.2) is 9.97 Å². The fourth-order valence-electron chi connectivity index (χ4n) is 2.51. The van der Waals surface area contributed by atoms with Crippen LogP contribution < -0.4 is 5.32 Å². The van der Waals surface area contributed by atoms with Gasteiger partial charge in [-0.15, -0.1) is 0 Å². The van der Waals surface area contributed by atoms with Crippen molar-refractivity contribution in [1.82, 2.24) is 20.3 Å². The summed E-state index contributed by atoms with van der Waals surface area (Å²) >= 11 is 1.39. The molecule has 0 aliphatic rings. The van der Waals surface area contributed by atoms with E-state index in [0.29, 0.717) is 6.54 Å². The number of benzene rings is 1. The molecule has 0 unspecified atom stereocenters. The first-order chi connectivity index (χ1) is 11.8. The van der Waals surface area contributed by atoms with Crippen molar-refractivity contribution in [3.63, 3.8) is 0 Å². The Bertz CT molecular complexity index is 994. The van der Waals surface area contributed by atoms with Gasteiger partial charge in [0.2, 0.25) is 5.91 Å². The van der Waals surface area contributed by atoms with Gasteiger partial charge in [0, 0.05) is 10.9 Å². The van der Waals surface area contributed by atoms with Crippen molar-refractivity contribution in [2.75, 3.05) is 5.75 Å². The van der Waals surface area contributed by atoms with Crippen molar-refractivity contribution in [3.05, 3.63) is 54.7 Å². The van der Waals surface area contributed by atoms with Gasteiger partial charge in [0.1, 0.15) is 22.6 Å². The van der Waals surface area contributed by atoms with Gasteiger partial charge >= 0.3 is 0 Å². The molecule has 24 heavy (non-hydrogen) atoms. The Morgan fingerprint density at radius 1 is 1.21 bits per heavy atom. The number of carbonyl (C=O) groups excluding carboxylic acids is 1. The van der Waals surface area contributed by atoms with E-state index >= 15 is 0 Å². The van der Waals surface area contributed by atoms with Gasteiger partial charge in [-0.05, 0) is 18.2 Å². The Kier molecular flexibility index (Phi) is 3.92. The number of hydrogen-bond acceptors (Lipinski definition) is 5. The summed E-state index contributed by atoms with van der Waals surface area (Å²) in [6, 6.07) is 11.6. The SMILES string of the molecule is O=C(CSc1ncnc2c1[nH]c1ccccc12)NCc1ccco1. The molecule has 0 bridgehead atoms. The number of rotatable bonds is 5. The summed E-state index contributed by atoms with van der Waals surface area (Å²) in [5.74, 6) is 0.940. The fraction of sp³-hybridized carbons (Fsp3) is 0.118. The van der Waals surface area contributed by atoms with Crippen LogP contribution in [0.2, 0.25) is 0 Å². The number of aromatic nitrogens is 3. The van der Waals surface area contributed by atoms with Gasteiger partial charge in [-0.3, -0.25) is 4.79 Å². The smallest absolute Gasteiger partial charge is 0.230 e. The van der Waals surface area contributed by atoms with E-state index < -0.39 is 0 Å². The lowest BCUT2D eigenvalue weighted by Crippen LogP contribution is -2.24. The number of nitrogens with one attached hydrogen (secondary N) is 2. The summed E-state index contributed by atoms with van der Waals surface area (Å²) < 4.78 is 5.19.